The second-order valence-corrected chi connectivity index (χ2v) is 20.5. The van der Waals surface area contributed by atoms with Crippen molar-refractivity contribution in [3.8, 4) is 62.7 Å². The molecular weight excluding hydrogens is 963 g/mol. The molecular formula is C72H45N7. The maximum Gasteiger partial charge on any atom is 0.160 e. The number of benzene rings is 11. The van der Waals surface area contributed by atoms with Crippen molar-refractivity contribution in [3.05, 3.63) is 266 Å². The van der Waals surface area contributed by atoms with Crippen LogP contribution in [0, 0.1) is 18.3 Å². The van der Waals surface area contributed by atoms with E-state index in [9.17, 15) is 5.26 Å². The number of fused-ring (bicyclic) bond motifs is 14. The molecule has 79 heavy (non-hydrogen) atoms. The van der Waals surface area contributed by atoms with E-state index in [1.165, 1.54) is 10.8 Å². The van der Waals surface area contributed by atoms with E-state index >= 15 is 0 Å². The van der Waals surface area contributed by atoms with E-state index < -0.39 is 0 Å². The van der Waals surface area contributed by atoms with Gasteiger partial charge in [-0.1, -0.05) is 170 Å². The van der Waals surface area contributed by atoms with Gasteiger partial charge in [-0.2, -0.15) is 5.26 Å². The van der Waals surface area contributed by atoms with Crippen molar-refractivity contribution in [1.29, 1.82) is 5.26 Å². The molecule has 16 aromatic rings. The zero-order chi connectivity index (χ0) is 52.3. The normalized spacial score (nSPS) is 11.8. The van der Waals surface area contributed by atoms with Crippen molar-refractivity contribution in [2.24, 2.45) is 0 Å². The fourth-order valence-corrected chi connectivity index (χ4v) is 12.7. The minimum atomic E-state index is 0.582. The fraction of sp³-hybridized carbons (Fsp3) is 0.0139. The first kappa shape index (κ1) is 44.5. The SMILES string of the molecule is Cc1cc2c(c3ccc(-c4cc(-c5ccccc5)nc(-c5ccccc5)n4)cc3n2-c2ccccc2)c2c1c1cc(-n3c4ccccc4c4c3ccc3c5ccccc5n(-c5ccccc5)c34)c(C#N)cc1n2-c1ccccc1. The zero-order valence-corrected chi connectivity index (χ0v) is 42.9. The van der Waals surface area contributed by atoms with E-state index in [1.54, 1.807) is 0 Å². The van der Waals surface area contributed by atoms with Gasteiger partial charge in [0, 0.05) is 76.8 Å². The van der Waals surface area contributed by atoms with Crippen LogP contribution in [0.3, 0.4) is 0 Å². The summed E-state index contributed by atoms with van der Waals surface area (Å²) >= 11 is 0. The van der Waals surface area contributed by atoms with Crippen LogP contribution < -0.4 is 0 Å². The molecule has 0 unspecified atom stereocenters. The van der Waals surface area contributed by atoms with Crippen LogP contribution in [-0.4, -0.2) is 28.2 Å². The van der Waals surface area contributed by atoms with Gasteiger partial charge in [0.2, 0.25) is 0 Å². The number of rotatable bonds is 7. The van der Waals surface area contributed by atoms with Crippen molar-refractivity contribution in [2.45, 2.75) is 6.92 Å². The Labute approximate surface area is 454 Å². The minimum absolute atomic E-state index is 0.582. The van der Waals surface area contributed by atoms with Gasteiger partial charge in [-0.15, -0.1) is 0 Å². The molecule has 0 N–H and O–H groups in total. The van der Waals surface area contributed by atoms with Crippen LogP contribution in [0.1, 0.15) is 11.1 Å². The van der Waals surface area contributed by atoms with E-state index in [-0.39, 0.29) is 0 Å². The predicted octanol–water partition coefficient (Wildman–Crippen LogP) is 18.0. The molecule has 7 heteroatoms. The van der Waals surface area contributed by atoms with Gasteiger partial charge in [0.25, 0.3) is 0 Å². The van der Waals surface area contributed by atoms with Gasteiger partial charge in [0.15, 0.2) is 5.82 Å². The number of nitrogens with zero attached hydrogens (tertiary/aromatic N) is 7. The van der Waals surface area contributed by atoms with Crippen LogP contribution in [-0.2, 0) is 0 Å². The quantitative estimate of drug-likeness (QED) is 0.160. The van der Waals surface area contributed by atoms with Crippen molar-refractivity contribution in [2.75, 3.05) is 0 Å². The summed E-state index contributed by atoms with van der Waals surface area (Å²) in [4.78, 5) is 10.4. The molecule has 7 nitrogen and oxygen atoms in total. The molecule has 0 fully saturated rings. The summed E-state index contributed by atoms with van der Waals surface area (Å²) in [6.45, 7) is 2.24. The lowest BCUT2D eigenvalue weighted by Gasteiger charge is -2.13. The standard InChI is InChI=1S/C72H45N7/c1-45-39-66-69(56-36-35-48(40-64(56)76(66)50-25-11-4-12-26-50)59-43-58(46-21-7-2-8-22-46)74-72(75-59)47-23-9-3-10-24-47)71-67(45)57-42-63(49(44-73)41-65(57)78(71)52-29-15-6-16-30-52)79-61-34-20-18-32-55(61)68-62(79)38-37-54-53-31-17-19-33-60(53)77(70(54)68)51-27-13-5-14-28-51/h2-43H,1H3. The lowest BCUT2D eigenvalue weighted by Crippen LogP contribution is -1.99. The van der Waals surface area contributed by atoms with Crippen LogP contribution in [0.4, 0.5) is 0 Å². The molecule has 5 aromatic heterocycles. The van der Waals surface area contributed by atoms with Crippen LogP contribution in [0.2, 0.25) is 0 Å². The molecule has 368 valence electrons. The molecule has 11 aromatic carbocycles. The number of aryl methyl sites for hydroxylation is 1. The first-order valence-corrected chi connectivity index (χ1v) is 26.7. The summed E-state index contributed by atoms with van der Waals surface area (Å²) in [6, 6.07) is 92.8. The van der Waals surface area contributed by atoms with Crippen LogP contribution in [0.5, 0.6) is 0 Å². The van der Waals surface area contributed by atoms with Crippen molar-refractivity contribution >= 4 is 87.2 Å². The van der Waals surface area contributed by atoms with Crippen molar-refractivity contribution in [1.82, 2.24) is 28.2 Å². The van der Waals surface area contributed by atoms with Gasteiger partial charge >= 0.3 is 0 Å². The second-order valence-electron chi connectivity index (χ2n) is 20.5. The summed E-state index contributed by atoms with van der Waals surface area (Å²) in [5, 5.41) is 20.6. The molecule has 0 aliphatic heterocycles. The number of hydrogen-bond donors (Lipinski definition) is 0. The Balaban J connectivity index is 1.00. The van der Waals surface area contributed by atoms with E-state index in [4.69, 9.17) is 9.97 Å². The highest BCUT2D eigenvalue weighted by molar-refractivity contribution is 6.29. The first-order chi connectivity index (χ1) is 39.1. The molecule has 0 radical (unpaired) electrons. The smallest absolute Gasteiger partial charge is 0.160 e. The predicted molar refractivity (Wildman–Crippen MR) is 325 cm³/mol. The molecule has 0 bridgehead atoms. The summed E-state index contributed by atoms with van der Waals surface area (Å²) in [5.41, 5.74) is 18.9. The molecule has 0 saturated carbocycles. The Morgan fingerprint density at radius 1 is 0.329 bits per heavy atom. The second kappa shape index (κ2) is 17.4. The molecule has 5 heterocycles. The lowest BCUT2D eigenvalue weighted by atomic mass is 10.0. The van der Waals surface area contributed by atoms with Gasteiger partial charge in [0.1, 0.15) is 6.07 Å². The van der Waals surface area contributed by atoms with Gasteiger partial charge in [0.05, 0.1) is 66.8 Å². The molecule has 0 aliphatic carbocycles. The Bertz CT molecular complexity index is 5120. The topological polar surface area (TPSA) is 69.3 Å². The third-order valence-electron chi connectivity index (χ3n) is 16.1. The molecule has 0 amide bonds. The highest BCUT2D eigenvalue weighted by atomic mass is 15.0. The summed E-state index contributed by atoms with van der Waals surface area (Å²) in [7, 11) is 0. The summed E-state index contributed by atoms with van der Waals surface area (Å²) < 4.78 is 9.54. The average molecular weight is 1010 g/mol. The Morgan fingerprint density at radius 2 is 0.835 bits per heavy atom. The Kier molecular flexibility index (Phi) is 9.78. The third kappa shape index (κ3) is 6.65. The number of hydrogen-bond acceptors (Lipinski definition) is 3. The lowest BCUT2D eigenvalue weighted by molar-refractivity contribution is 1.16. The monoisotopic (exact) mass is 1010 g/mol. The number of aromatic nitrogens is 6. The number of nitriles is 1. The van der Waals surface area contributed by atoms with E-state index in [2.05, 4.69) is 262 Å². The fourth-order valence-electron chi connectivity index (χ4n) is 12.7. The summed E-state index contributed by atoms with van der Waals surface area (Å²) in [6.07, 6.45) is 0. The molecule has 0 spiro atoms. The molecule has 0 aliphatic rings. The first-order valence-electron chi connectivity index (χ1n) is 26.7. The van der Waals surface area contributed by atoms with Gasteiger partial charge in [-0.25, -0.2) is 9.97 Å². The maximum atomic E-state index is 11.5. The van der Waals surface area contributed by atoms with E-state index in [0.717, 1.165) is 133 Å². The molecule has 0 saturated heterocycles. The number of para-hydroxylation sites is 5. The zero-order valence-electron chi connectivity index (χ0n) is 42.9. The van der Waals surface area contributed by atoms with Gasteiger partial charge < -0.3 is 18.3 Å². The maximum absolute atomic E-state index is 11.5. The van der Waals surface area contributed by atoms with Crippen molar-refractivity contribution < 1.29 is 0 Å². The molecule has 16 rings (SSSR count). The third-order valence-corrected chi connectivity index (χ3v) is 16.1. The van der Waals surface area contributed by atoms with Gasteiger partial charge in [-0.05, 0) is 97.4 Å². The van der Waals surface area contributed by atoms with Crippen LogP contribution in [0.25, 0.3) is 144 Å². The average Bonchev–Trinajstić information content (AvgIpc) is 3.74. The van der Waals surface area contributed by atoms with Crippen LogP contribution in [0.15, 0.2) is 255 Å². The molecule has 0 atom stereocenters. The Morgan fingerprint density at radius 3 is 1.49 bits per heavy atom. The van der Waals surface area contributed by atoms with Crippen LogP contribution >= 0.6 is 0 Å². The largest absolute Gasteiger partial charge is 0.309 e. The van der Waals surface area contributed by atoms with E-state index in [0.29, 0.717) is 11.4 Å². The highest BCUT2D eigenvalue weighted by Crippen LogP contribution is 2.47. The van der Waals surface area contributed by atoms with E-state index in [1.807, 2.05) is 24.3 Å². The summed E-state index contributed by atoms with van der Waals surface area (Å²) in [5.74, 6) is 0.672. The highest BCUT2D eigenvalue weighted by Gasteiger charge is 2.27. The Hall–Kier alpha value is -10.8. The van der Waals surface area contributed by atoms with Crippen molar-refractivity contribution in [3.63, 3.8) is 0 Å². The van der Waals surface area contributed by atoms with Gasteiger partial charge in [-0.3, -0.25) is 0 Å². The minimum Gasteiger partial charge on any atom is -0.309 e.